The number of aliphatic hydroxyl groups excluding tert-OH is 14. The molecule has 0 saturated carbocycles. The predicted octanol–water partition coefficient (Wildman–Crippen LogP) is -9.72. The van der Waals surface area contributed by atoms with Crippen molar-refractivity contribution in [1.82, 2.24) is 0 Å². The van der Waals surface area contributed by atoms with Gasteiger partial charge in [0.2, 0.25) is 0 Å². The van der Waals surface area contributed by atoms with Crippen LogP contribution in [0, 0.1) is 0 Å². The first-order chi connectivity index (χ1) is 24.3. The van der Waals surface area contributed by atoms with Gasteiger partial charge in [-0.05, 0) is 0 Å². The van der Waals surface area contributed by atoms with E-state index < -0.39 is 162 Å². The van der Waals surface area contributed by atoms with Gasteiger partial charge in [0.25, 0.3) is 0 Å². The van der Waals surface area contributed by atoms with E-state index in [1.54, 1.807) is 0 Å². The number of aliphatic hydroxyl groups is 14. The third-order valence-electron chi connectivity index (χ3n) is 8.92. The highest BCUT2D eigenvalue weighted by Gasteiger charge is 2.55. The van der Waals surface area contributed by atoms with Crippen LogP contribution >= 0.6 is 0 Å². The van der Waals surface area contributed by atoms with Crippen molar-refractivity contribution < 1.29 is 114 Å². The van der Waals surface area contributed by atoms with Crippen LogP contribution in [0.25, 0.3) is 0 Å². The second-order valence-corrected chi connectivity index (χ2v) is 12.3. The molecule has 0 spiro atoms. The Morgan fingerprint density at radius 1 is 0.392 bits per heavy atom. The van der Waals surface area contributed by atoms with Crippen molar-refractivity contribution in [1.29, 1.82) is 0 Å². The molecule has 0 bridgehead atoms. The highest BCUT2D eigenvalue weighted by molar-refractivity contribution is 4.98. The summed E-state index contributed by atoms with van der Waals surface area (Å²) >= 11 is 0. The average molecular weight is 755 g/mol. The molecule has 4 fully saturated rings. The van der Waals surface area contributed by atoms with Gasteiger partial charge in [-0.25, -0.2) is 0 Å². The number of hydrogen-bond acceptors (Lipinski definition) is 23. The van der Waals surface area contributed by atoms with Gasteiger partial charge in [-0.15, -0.1) is 0 Å². The zero-order valence-corrected chi connectivity index (χ0v) is 27.1. The van der Waals surface area contributed by atoms with E-state index in [1.165, 1.54) is 0 Å². The SMILES string of the molecule is OCCOCC1O[C@H](O[C@H]2C(CO)O[C@H](O)C(O)C2O)C(O)C(O)[C@H]1O[C@H]1OC(CO)[C@H](O[C@H]2OC(CO)[C@H](O)C(O)C2OCCO)C(O)C1O. The molecule has 23 nitrogen and oxygen atoms in total. The minimum atomic E-state index is -2.02. The van der Waals surface area contributed by atoms with Gasteiger partial charge in [0.05, 0.1) is 52.9 Å². The Balaban J connectivity index is 1.50. The molecule has 0 aliphatic carbocycles. The second-order valence-electron chi connectivity index (χ2n) is 12.3. The molecule has 51 heavy (non-hydrogen) atoms. The molecule has 4 rings (SSSR count). The summed E-state index contributed by atoms with van der Waals surface area (Å²) in [5.74, 6) is 0. The summed E-state index contributed by atoms with van der Waals surface area (Å²) in [6.07, 6.45) is -34.4. The van der Waals surface area contributed by atoms with Gasteiger partial charge < -0.3 is 114 Å². The highest BCUT2D eigenvalue weighted by atomic mass is 16.8. The first-order valence-electron chi connectivity index (χ1n) is 16.3. The van der Waals surface area contributed by atoms with Gasteiger partial charge >= 0.3 is 0 Å². The maximum Gasteiger partial charge on any atom is 0.187 e. The maximum absolute atomic E-state index is 11.2. The van der Waals surface area contributed by atoms with E-state index in [9.17, 15) is 71.5 Å². The third kappa shape index (κ3) is 9.67. The smallest absolute Gasteiger partial charge is 0.187 e. The van der Waals surface area contributed by atoms with E-state index in [0.29, 0.717) is 0 Å². The van der Waals surface area contributed by atoms with Crippen LogP contribution in [0.3, 0.4) is 0 Å². The zero-order valence-electron chi connectivity index (χ0n) is 27.1. The van der Waals surface area contributed by atoms with E-state index >= 15 is 0 Å². The Hall–Kier alpha value is -0.920. The van der Waals surface area contributed by atoms with Crippen molar-refractivity contribution in [3.8, 4) is 0 Å². The van der Waals surface area contributed by atoms with E-state index in [1.807, 2.05) is 0 Å². The summed E-state index contributed by atoms with van der Waals surface area (Å²) in [5.41, 5.74) is 0. The molecule has 300 valence electrons. The Labute approximate surface area is 290 Å². The Kier molecular flexibility index (Phi) is 16.5. The van der Waals surface area contributed by atoms with E-state index in [-0.39, 0.29) is 13.2 Å². The molecule has 4 saturated heterocycles. The van der Waals surface area contributed by atoms with Gasteiger partial charge in [0.15, 0.2) is 25.2 Å². The van der Waals surface area contributed by atoms with Gasteiger partial charge in [0.1, 0.15) is 97.7 Å². The predicted molar refractivity (Wildman–Crippen MR) is 156 cm³/mol. The Morgan fingerprint density at radius 3 is 1.35 bits per heavy atom. The first kappa shape index (κ1) is 42.8. The maximum atomic E-state index is 11.2. The van der Waals surface area contributed by atoms with Gasteiger partial charge in [-0.3, -0.25) is 0 Å². The molecule has 4 heterocycles. The number of rotatable bonds is 16. The lowest BCUT2D eigenvalue weighted by molar-refractivity contribution is -0.389. The minimum Gasteiger partial charge on any atom is -0.394 e. The van der Waals surface area contributed by atoms with E-state index in [0.717, 1.165) is 0 Å². The summed E-state index contributed by atoms with van der Waals surface area (Å²) in [6.45, 7) is -4.44. The van der Waals surface area contributed by atoms with Crippen LogP contribution in [0.1, 0.15) is 0 Å². The normalized spacial score (nSPS) is 48.1. The molecular formula is C28H50O23. The summed E-state index contributed by atoms with van der Waals surface area (Å²) in [5, 5.41) is 143. The van der Waals surface area contributed by atoms with Crippen LogP contribution in [0.5, 0.6) is 0 Å². The molecule has 20 atom stereocenters. The molecule has 0 aromatic carbocycles. The van der Waals surface area contributed by atoms with Crippen LogP contribution < -0.4 is 0 Å². The summed E-state index contributed by atoms with van der Waals surface area (Å²) < 4.78 is 49.8. The molecule has 4 aliphatic rings. The number of ether oxygens (including phenoxy) is 9. The van der Waals surface area contributed by atoms with E-state index in [2.05, 4.69) is 0 Å². The first-order valence-corrected chi connectivity index (χ1v) is 16.3. The topological polar surface area (TPSA) is 366 Å². The third-order valence-corrected chi connectivity index (χ3v) is 8.92. The largest absolute Gasteiger partial charge is 0.394 e. The molecule has 12 unspecified atom stereocenters. The van der Waals surface area contributed by atoms with Crippen LogP contribution in [0.4, 0.5) is 0 Å². The Bertz CT molecular complexity index is 1010. The molecule has 0 amide bonds. The van der Waals surface area contributed by atoms with Crippen molar-refractivity contribution in [2.45, 2.75) is 123 Å². The van der Waals surface area contributed by atoms with Crippen molar-refractivity contribution in [2.75, 3.05) is 52.9 Å². The highest BCUT2D eigenvalue weighted by Crippen LogP contribution is 2.34. The van der Waals surface area contributed by atoms with Crippen molar-refractivity contribution in [2.24, 2.45) is 0 Å². The van der Waals surface area contributed by atoms with Crippen molar-refractivity contribution in [3.63, 3.8) is 0 Å². The summed E-state index contributed by atoms with van der Waals surface area (Å²) in [7, 11) is 0. The van der Waals surface area contributed by atoms with E-state index in [4.69, 9.17) is 42.6 Å². The standard InChI is InChI=1S/C28H50O23/c29-1-3-43-8-12-23(17(38)20(41)27(48-12)49-21-10(6-32)45-25(42)18(39)15(21)36)50-26-19(40)16(37)22(11(7-33)47-26)51-28-24(44-4-2-30)14(35)13(34)9(5-31)46-28/h9-42H,1-8H2/t9?,10?,11?,12?,13-,14?,15?,16?,17?,18?,19?,20?,21-,22-,23-,24?,25-,26+,27+,28+/m0/s1. The summed E-state index contributed by atoms with van der Waals surface area (Å²) in [6, 6.07) is 0. The fourth-order valence-corrected chi connectivity index (χ4v) is 6.15. The zero-order chi connectivity index (χ0) is 37.6. The quantitative estimate of drug-likeness (QED) is 0.0650. The van der Waals surface area contributed by atoms with Gasteiger partial charge in [-0.2, -0.15) is 0 Å². The molecule has 0 aromatic heterocycles. The molecule has 0 radical (unpaired) electrons. The van der Waals surface area contributed by atoms with Gasteiger partial charge in [0, 0.05) is 0 Å². The fraction of sp³-hybridized carbons (Fsp3) is 1.00. The molecular weight excluding hydrogens is 704 g/mol. The number of hydrogen-bond donors (Lipinski definition) is 14. The molecule has 4 aliphatic heterocycles. The molecule has 23 heteroatoms. The monoisotopic (exact) mass is 754 g/mol. The van der Waals surface area contributed by atoms with Gasteiger partial charge in [-0.1, -0.05) is 0 Å². The van der Waals surface area contributed by atoms with Crippen LogP contribution in [-0.2, 0) is 42.6 Å². The van der Waals surface area contributed by atoms with Crippen LogP contribution in [-0.4, -0.2) is 247 Å². The van der Waals surface area contributed by atoms with Crippen molar-refractivity contribution in [3.05, 3.63) is 0 Å². The van der Waals surface area contributed by atoms with Crippen LogP contribution in [0.15, 0.2) is 0 Å². The Morgan fingerprint density at radius 2 is 0.824 bits per heavy atom. The summed E-state index contributed by atoms with van der Waals surface area (Å²) in [4.78, 5) is 0. The average Bonchev–Trinajstić information content (AvgIpc) is 3.12. The lowest BCUT2D eigenvalue weighted by atomic mass is 9.95. The lowest BCUT2D eigenvalue weighted by Crippen LogP contribution is -2.67. The lowest BCUT2D eigenvalue weighted by Gasteiger charge is -2.49. The molecule has 14 N–H and O–H groups in total. The second kappa shape index (κ2) is 19.6. The van der Waals surface area contributed by atoms with Crippen molar-refractivity contribution >= 4 is 0 Å². The van der Waals surface area contributed by atoms with Crippen LogP contribution in [0.2, 0.25) is 0 Å². The molecule has 0 aromatic rings. The fourth-order valence-electron chi connectivity index (χ4n) is 6.15. The minimum absolute atomic E-state index is 0.232.